The number of rotatable bonds is 3. The fraction of sp³-hybridized carbons (Fsp3) is 0.429. The number of benzene rings is 1. The first kappa shape index (κ1) is 14.2. The molecule has 0 radical (unpaired) electrons. The van der Waals surface area contributed by atoms with Crippen molar-refractivity contribution in [2.24, 2.45) is 5.73 Å². The molecular weight excluding hydrogens is 260 g/mol. The summed E-state index contributed by atoms with van der Waals surface area (Å²) in [6, 6.07) is 7.25. The Morgan fingerprint density at radius 1 is 1.30 bits per heavy atom. The van der Waals surface area contributed by atoms with Crippen molar-refractivity contribution < 1.29 is 19.4 Å². The number of likely N-dealkylation sites (tertiary alicyclic amines) is 1. The number of hydrogen-bond donors (Lipinski definition) is 2. The van der Waals surface area contributed by atoms with Gasteiger partial charge in [-0.3, -0.25) is 4.79 Å². The Bertz CT molecular complexity index is 522. The van der Waals surface area contributed by atoms with Crippen LogP contribution in [0, 0.1) is 0 Å². The van der Waals surface area contributed by atoms with E-state index in [1.54, 1.807) is 13.2 Å². The molecule has 0 bridgehead atoms. The summed E-state index contributed by atoms with van der Waals surface area (Å²) < 4.78 is 5.31. The second kappa shape index (κ2) is 5.40. The zero-order valence-corrected chi connectivity index (χ0v) is 11.3. The quantitative estimate of drug-likeness (QED) is 0.868. The maximum Gasteiger partial charge on any atom is 0.407 e. The normalized spacial score (nSPS) is 17.6. The van der Waals surface area contributed by atoms with Gasteiger partial charge in [0.25, 0.3) is 0 Å². The highest BCUT2D eigenvalue weighted by atomic mass is 16.5. The van der Waals surface area contributed by atoms with Crippen LogP contribution in [0.15, 0.2) is 24.3 Å². The van der Waals surface area contributed by atoms with Crippen molar-refractivity contribution in [2.45, 2.75) is 18.3 Å². The van der Waals surface area contributed by atoms with Crippen LogP contribution in [0.4, 0.5) is 4.79 Å². The molecule has 0 saturated carbocycles. The van der Waals surface area contributed by atoms with Gasteiger partial charge in [0, 0.05) is 18.7 Å². The second-order valence-electron chi connectivity index (χ2n) is 4.92. The first-order chi connectivity index (χ1) is 9.51. The smallest absolute Gasteiger partial charge is 0.407 e. The highest BCUT2D eigenvalue weighted by Gasteiger charge is 2.44. The number of primary amides is 1. The van der Waals surface area contributed by atoms with Gasteiger partial charge in [-0.05, 0) is 18.9 Å². The molecule has 1 fully saturated rings. The molecule has 1 heterocycles. The summed E-state index contributed by atoms with van der Waals surface area (Å²) in [5.41, 5.74) is 5.49. The third-order valence-electron chi connectivity index (χ3n) is 3.98. The van der Waals surface area contributed by atoms with E-state index in [0.717, 1.165) is 5.56 Å². The van der Waals surface area contributed by atoms with Crippen molar-refractivity contribution in [3.63, 3.8) is 0 Å². The average molecular weight is 278 g/mol. The summed E-state index contributed by atoms with van der Waals surface area (Å²) in [7, 11) is 1.54. The van der Waals surface area contributed by atoms with Gasteiger partial charge < -0.3 is 20.5 Å². The van der Waals surface area contributed by atoms with Crippen molar-refractivity contribution in [1.29, 1.82) is 0 Å². The molecular formula is C14H18N2O4. The van der Waals surface area contributed by atoms with Gasteiger partial charge in [-0.25, -0.2) is 4.79 Å². The van der Waals surface area contributed by atoms with Crippen molar-refractivity contribution >= 4 is 12.0 Å². The van der Waals surface area contributed by atoms with E-state index in [1.165, 1.54) is 4.90 Å². The number of amides is 2. The van der Waals surface area contributed by atoms with E-state index in [0.29, 0.717) is 18.6 Å². The molecule has 6 heteroatoms. The topological polar surface area (TPSA) is 92.9 Å². The maximum atomic E-state index is 12.0. The highest BCUT2D eigenvalue weighted by molar-refractivity contribution is 5.88. The fourth-order valence-electron chi connectivity index (χ4n) is 2.77. The number of piperidine rings is 1. The number of ether oxygens (including phenoxy) is 1. The molecule has 0 unspecified atom stereocenters. The van der Waals surface area contributed by atoms with Crippen LogP contribution in [0.25, 0.3) is 0 Å². The molecule has 0 atom stereocenters. The Labute approximate surface area is 117 Å². The first-order valence-corrected chi connectivity index (χ1v) is 6.42. The largest absolute Gasteiger partial charge is 0.496 e. The van der Waals surface area contributed by atoms with Gasteiger partial charge in [-0.1, -0.05) is 18.2 Å². The summed E-state index contributed by atoms with van der Waals surface area (Å²) in [6.07, 6.45) is -0.229. The van der Waals surface area contributed by atoms with E-state index in [9.17, 15) is 9.59 Å². The van der Waals surface area contributed by atoms with Crippen LogP contribution in [0.3, 0.4) is 0 Å². The Kier molecular flexibility index (Phi) is 3.83. The molecule has 2 amide bonds. The number of methoxy groups -OCH3 is 1. The summed E-state index contributed by atoms with van der Waals surface area (Å²) in [5, 5.41) is 9.00. The Hall–Kier alpha value is -2.24. The third-order valence-corrected chi connectivity index (χ3v) is 3.98. The second-order valence-corrected chi connectivity index (χ2v) is 4.92. The summed E-state index contributed by atoms with van der Waals surface area (Å²) in [4.78, 5) is 24.3. The zero-order chi connectivity index (χ0) is 14.8. The number of carbonyl (C=O) groups is 2. The zero-order valence-electron chi connectivity index (χ0n) is 11.3. The molecule has 3 N–H and O–H groups in total. The van der Waals surface area contributed by atoms with Crippen LogP contribution in [0.1, 0.15) is 18.4 Å². The lowest BCUT2D eigenvalue weighted by atomic mass is 9.72. The molecule has 20 heavy (non-hydrogen) atoms. The van der Waals surface area contributed by atoms with Crippen LogP contribution in [-0.4, -0.2) is 42.2 Å². The minimum atomic E-state index is -0.969. The number of carboxylic acid groups (broad SMARTS) is 1. The molecule has 108 valence electrons. The molecule has 6 nitrogen and oxygen atoms in total. The maximum absolute atomic E-state index is 12.0. The third kappa shape index (κ3) is 2.29. The lowest BCUT2D eigenvalue weighted by Crippen LogP contribution is -2.51. The fourth-order valence-corrected chi connectivity index (χ4v) is 2.77. The monoisotopic (exact) mass is 278 g/mol. The Morgan fingerprint density at radius 2 is 1.90 bits per heavy atom. The molecule has 1 saturated heterocycles. The molecule has 2 rings (SSSR count). The van der Waals surface area contributed by atoms with Crippen molar-refractivity contribution in [1.82, 2.24) is 4.90 Å². The lowest BCUT2D eigenvalue weighted by molar-refractivity contribution is -0.125. The molecule has 0 aliphatic carbocycles. The minimum Gasteiger partial charge on any atom is -0.496 e. The van der Waals surface area contributed by atoms with Crippen molar-refractivity contribution in [3.05, 3.63) is 29.8 Å². The van der Waals surface area contributed by atoms with E-state index in [4.69, 9.17) is 15.6 Å². The minimum absolute atomic E-state index is 0.288. The van der Waals surface area contributed by atoms with Gasteiger partial charge in [0.05, 0.1) is 12.5 Å². The predicted octanol–water partition coefficient (Wildman–Crippen LogP) is 1.19. The average Bonchev–Trinajstić information content (AvgIpc) is 2.47. The summed E-state index contributed by atoms with van der Waals surface area (Å²) in [5.74, 6) is 0.169. The van der Waals surface area contributed by atoms with Crippen LogP contribution >= 0.6 is 0 Å². The van der Waals surface area contributed by atoms with E-state index in [2.05, 4.69) is 0 Å². The number of para-hydroxylation sites is 1. The standard InChI is InChI=1S/C14H18N2O4/c1-20-11-5-3-2-4-10(11)14(12(15)17)6-8-16(9-7-14)13(18)19/h2-5H,6-9H2,1H3,(H2,15,17)(H,18,19). The van der Waals surface area contributed by atoms with Crippen LogP contribution in [-0.2, 0) is 10.2 Å². The number of nitrogens with zero attached hydrogens (tertiary/aromatic N) is 1. The Morgan fingerprint density at radius 3 is 2.40 bits per heavy atom. The van der Waals surface area contributed by atoms with Crippen molar-refractivity contribution in [3.8, 4) is 5.75 Å². The molecule has 0 aromatic heterocycles. The van der Waals surface area contributed by atoms with Gasteiger partial charge in [0.1, 0.15) is 5.75 Å². The summed E-state index contributed by atoms with van der Waals surface area (Å²) in [6.45, 7) is 0.576. The van der Waals surface area contributed by atoms with E-state index in [-0.39, 0.29) is 13.1 Å². The molecule has 1 aliphatic rings. The van der Waals surface area contributed by atoms with E-state index >= 15 is 0 Å². The van der Waals surface area contributed by atoms with Crippen LogP contribution in [0.2, 0.25) is 0 Å². The molecule has 1 aromatic carbocycles. The van der Waals surface area contributed by atoms with Gasteiger partial charge in [-0.15, -0.1) is 0 Å². The molecule has 1 aromatic rings. The van der Waals surface area contributed by atoms with E-state index in [1.807, 2.05) is 18.2 Å². The van der Waals surface area contributed by atoms with Crippen LogP contribution < -0.4 is 10.5 Å². The van der Waals surface area contributed by atoms with Gasteiger partial charge in [0.15, 0.2) is 0 Å². The lowest BCUT2D eigenvalue weighted by Gasteiger charge is -2.39. The van der Waals surface area contributed by atoms with Gasteiger partial charge >= 0.3 is 6.09 Å². The summed E-state index contributed by atoms with van der Waals surface area (Å²) >= 11 is 0. The van der Waals surface area contributed by atoms with E-state index < -0.39 is 17.4 Å². The highest BCUT2D eigenvalue weighted by Crippen LogP contribution is 2.40. The van der Waals surface area contributed by atoms with Crippen molar-refractivity contribution in [2.75, 3.05) is 20.2 Å². The number of nitrogens with two attached hydrogens (primary N) is 1. The van der Waals surface area contributed by atoms with Gasteiger partial charge in [0.2, 0.25) is 5.91 Å². The Balaban J connectivity index is 2.37. The number of carbonyl (C=O) groups excluding carboxylic acids is 1. The van der Waals surface area contributed by atoms with Crippen LogP contribution in [0.5, 0.6) is 5.75 Å². The first-order valence-electron chi connectivity index (χ1n) is 6.42. The molecule has 0 spiro atoms. The predicted molar refractivity (Wildman–Crippen MR) is 72.7 cm³/mol. The number of hydrogen-bond acceptors (Lipinski definition) is 3. The van der Waals surface area contributed by atoms with Gasteiger partial charge in [-0.2, -0.15) is 0 Å². The molecule has 1 aliphatic heterocycles. The SMILES string of the molecule is COc1ccccc1C1(C(N)=O)CCN(C(=O)O)CC1.